The second-order valence-corrected chi connectivity index (χ2v) is 4.32. The highest BCUT2D eigenvalue weighted by Crippen LogP contribution is 2.30. The van der Waals surface area contributed by atoms with E-state index in [0.29, 0.717) is 11.1 Å². The molecule has 0 radical (unpaired) electrons. The molecule has 1 aromatic carbocycles. The number of hydrogen-bond donors (Lipinski definition) is 0. The second kappa shape index (κ2) is 6.82. The van der Waals surface area contributed by atoms with Crippen LogP contribution >= 0.6 is 11.6 Å². The highest BCUT2D eigenvalue weighted by molar-refractivity contribution is 6.53. The van der Waals surface area contributed by atoms with Gasteiger partial charge in [-0.2, -0.15) is 14.0 Å². The molecule has 0 aliphatic rings. The van der Waals surface area contributed by atoms with Crippen molar-refractivity contribution in [2.45, 2.75) is 6.61 Å². The summed E-state index contributed by atoms with van der Waals surface area (Å²) in [5.74, 6) is 0.0260. The van der Waals surface area contributed by atoms with Crippen molar-refractivity contribution in [3.8, 4) is 11.8 Å². The lowest BCUT2D eigenvalue weighted by atomic mass is 10.1. The molecule has 0 fully saturated rings. The molecule has 0 saturated carbocycles. The molecule has 1 aromatic heterocycles. The zero-order valence-corrected chi connectivity index (χ0v) is 11.4. The number of nitriles is 1. The van der Waals surface area contributed by atoms with Gasteiger partial charge in [0.05, 0.1) is 10.6 Å². The topological polar surface area (TPSA) is 45.9 Å². The minimum absolute atomic E-state index is 0.0260. The summed E-state index contributed by atoms with van der Waals surface area (Å²) >= 11 is 6.21. The lowest BCUT2D eigenvalue weighted by Gasteiger charge is -2.07. The van der Waals surface area contributed by atoms with Gasteiger partial charge in [0.15, 0.2) is 0 Å². The Kier molecular flexibility index (Phi) is 4.85. The van der Waals surface area contributed by atoms with Gasteiger partial charge in [0, 0.05) is 18.0 Å². The third-order valence-electron chi connectivity index (χ3n) is 2.61. The van der Waals surface area contributed by atoms with Gasteiger partial charge in [-0.1, -0.05) is 17.7 Å². The number of hydrogen-bond acceptors (Lipinski definition) is 3. The van der Waals surface area contributed by atoms with E-state index in [1.165, 1.54) is 30.5 Å². The normalized spacial score (nSPS) is 11.8. The van der Waals surface area contributed by atoms with Gasteiger partial charge in [0.2, 0.25) is 0 Å². The summed E-state index contributed by atoms with van der Waals surface area (Å²) < 4.78 is 28.4. The number of aromatic nitrogens is 1. The molecule has 1 heterocycles. The lowest BCUT2D eigenvalue weighted by Crippen LogP contribution is -2.01. The van der Waals surface area contributed by atoms with Crippen molar-refractivity contribution in [1.82, 2.24) is 4.98 Å². The van der Waals surface area contributed by atoms with Crippen molar-refractivity contribution in [1.29, 1.82) is 5.26 Å². The first-order chi connectivity index (χ1) is 10.1. The summed E-state index contributed by atoms with van der Waals surface area (Å²) in [5, 5.41) is 9.46. The molecule has 0 aliphatic carbocycles. The number of benzene rings is 1. The standard InChI is InChI=1S/C15H9ClF2N2O/c16-14(13(8-19)11-2-1-7-20-9-11)10-3-5-12(6-4-10)21-15(17)18/h1-7,9,15H/b14-13+. The van der Waals surface area contributed by atoms with Crippen LogP contribution in [-0.2, 0) is 0 Å². The minimum atomic E-state index is -2.88. The SMILES string of the molecule is N#C/C(=C(\Cl)c1ccc(OC(F)F)cc1)c1cccnc1. The van der Waals surface area contributed by atoms with Gasteiger partial charge >= 0.3 is 6.61 Å². The van der Waals surface area contributed by atoms with Crippen LogP contribution in [0.3, 0.4) is 0 Å². The largest absolute Gasteiger partial charge is 0.435 e. The fourth-order valence-electron chi connectivity index (χ4n) is 1.68. The molecule has 2 rings (SSSR count). The highest BCUT2D eigenvalue weighted by atomic mass is 35.5. The zero-order valence-electron chi connectivity index (χ0n) is 10.6. The summed E-state index contributed by atoms with van der Waals surface area (Å²) in [7, 11) is 0. The molecule has 106 valence electrons. The Labute approximate surface area is 125 Å². The zero-order chi connectivity index (χ0) is 15.2. The quantitative estimate of drug-likeness (QED) is 0.791. The first-order valence-electron chi connectivity index (χ1n) is 5.87. The summed E-state index contributed by atoms with van der Waals surface area (Å²) in [6, 6.07) is 11.2. The number of rotatable bonds is 4. The van der Waals surface area contributed by atoms with Gasteiger partial charge in [-0.15, -0.1) is 0 Å². The third-order valence-corrected chi connectivity index (χ3v) is 3.02. The van der Waals surface area contributed by atoms with E-state index in [-0.39, 0.29) is 16.4 Å². The Bertz CT molecular complexity index is 679. The van der Waals surface area contributed by atoms with E-state index in [1.54, 1.807) is 18.3 Å². The first-order valence-corrected chi connectivity index (χ1v) is 6.25. The maximum absolute atomic E-state index is 12.1. The van der Waals surface area contributed by atoms with Crippen LogP contribution in [0.4, 0.5) is 8.78 Å². The van der Waals surface area contributed by atoms with E-state index >= 15 is 0 Å². The number of ether oxygens (including phenoxy) is 1. The van der Waals surface area contributed by atoms with E-state index in [9.17, 15) is 14.0 Å². The van der Waals surface area contributed by atoms with Crippen LogP contribution in [0, 0.1) is 11.3 Å². The predicted octanol–water partition coefficient (Wildman–Crippen LogP) is 4.31. The molecule has 0 spiro atoms. The lowest BCUT2D eigenvalue weighted by molar-refractivity contribution is -0.0498. The van der Waals surface area contributed by atoms with Gasteiger partial charge in [0.25, 0.3) is 0 Å². The second-order valence-electron chi connectivity index (χ2n) is 3.95. The number of pyridine rings is 1. The van der Waals surface area contributed by atoms with Crippen LogP contribution in [0.25, 0.3) is 10.6 Å². The van der Waals surface area contributed by atoms with Crippen LogP contribution in [0.2, 0.25) is 0 Å². The summed E-state index contributed by atoms with van der Waals surface area (Å²) in [4.78, 5) is 3.93. The Morgan fingerprint density at radius 1 is 1.19 bits per heavy atom. The number of alkyl halides is 2. The van der Waals surface area contributed by atoms with E-state index in [0.717, 1.165) is 0 Å². The Hall–Kier alpha value is -2.45. The summed E-state index contributed by atoms with van der Waals surface area (Å²) in [5.41, 5.74) is 1.36. The smallest absolute Gasteiger partial charge is 0.387 e. The van der Waals surface area contributed by atoms with Crippen molar-refractivity contribution in [3.05, 3.63) is 59.9 Å². The van der Waals surface area contributed by atoms with Gasteiger partial charge in [0.1, 0.15) is 11.8 Å². The fourth-order valence-corrected chi connectivity index (χ4v) is 1.96. The average molecular weight is 307 g/mol. The van der Waals surface area contributed by atoms with Gasteiger partial charge in [-0.25, -0.2) is 0 Å². The predicted molar refractivity (Wildman–Crippen MR) is 75.6 cm³/mol. The third kappa shape index (κ3) is 3.77. The monoisotopic (exact) mass is 306 g/mol. The van der Waals surface area contributed by atoms with Crippen LogP contribution < -0.4 is 4.74 Å². The molecule has 0 bridgehead atoms. The first kappa shape index (κ1) is 14.9. The molecule has 3 nitrogen and oxygen atoms in total. The molecule has 0 N–H and O–H groups in total. The van der Waals surface area contributed by atoms with Gasteiger partial charge in [-0.05, 0) is 35.9 Å². The molecular formula is C15H9ClF2N2O. The van der Waals surface area contributed by atoms with Crippen molar-refractivity contribution in [3.63, 3.8) is 0 Å². The summed E-state index contributed by atoms with van der Waals surface area (Å²) in [6.07, 6.45) is 3.11. The van der Waals surface area contributed by atoms with Gasteiger partial charge in [-0.3, -0.25) is 4.98 Å². The van der Waals surface area contributed by atoms with E-state index in [1.807, 2.05) is 6.07 Å². The van der Waals surface area contributed by atoms with Crippen LogP contribution in [0.15, 0.2) is 48.8 Å². The number of halogens is 3. The molecule has 2 aromatic rings. The van der Waals surface area contributed by atoms with Crippen molar-refractivity contribution in [2.24, 2.45) is 0 Å². The molecular weight excluding hydrogens is 298 g/mol. The minimum Gasteiger partial charge on any atom is -0.435 e. The number of nitrogens with zero attached hydrogens (tertiary/aromatic N) is 2. The fraction of sp³-hybridized carbons (Fsp3) is 0.0667. The molecule has 6 heteroatoms. The van der Waals surface area contributed by atoms with Crippen LogP contribution in [0.1, 0.15) is 11.1 Å². The van der Waals surface area contributed by atoms with Crippen molar-refractivity contribution >= 4 is 22.2 Å². The molecule has 0 amide bonds. The van der Waals surface area contributed by atoms with Gasteiger partial charge < -0.3 is 4.74 Å². The van der Waals surface area contributed by atoms with Crippen LogP contribution in [0.5, 0.6) is 5.75 Å². The van der Waals surface area contributed by atoms with Crippen molar-refractivity contribution in [2.75, 3.05) is 0 Å². The summed E-state index contributed by atoms with van der Waals surface area (Å²) in [6.45, 7) is -2.88. The Balaban J connectivity index is 2.35. The van der Waals surface area contributed by atoms with E-state index in [2.05, 4.69) is 9.72 Å². The van der Waals surface area contributed by atoms with Crippen LogP contribution in [-0.4, -0.2) is 11.6 Å². The van der Waals surface area contributed by atoms with E-state index < -0.39 is 6.61 Å². The molecule has 21 heavy (non-hydrogen) atoms. The average Bonchev–Trinajstić information content (AvgIpc) is 2.49. The number of allylic oxidation sites excluding steroid dienone is 1. The Morgan fingerprint density at radius 3 is 2.43 bits per heavy atom. The molecule has 0 unspecified atom stereocenters. The Morgan fingerprint density at radius 2 is 1.90 bits per heavy atom. The van der Waals surface area contributed by atoms with E-state index in [4.69, 9.17) is 11.6 Å². The molecule has 0 atom stereocenters. The molecule has 0 saturated heterocycles. The maximum Gasteiger partial charge on any atom is 0.387 e. The maximum atomic E-state index is 12.1. The highest BCUT2D eigenvalue weighted by Gasteiger charge is 2.10. The van der Waals surface area contributed by atoms with Crippen molar-refractivity contribution < 1.29 is 13.5 Å². The molecule has 0 aliphatic heterocycles.